The maximum atomic E-state index is 12.2. The van der Waals surface area contributed by atoms with Gasteiger partial charge in [0.2, 0.25) is 0 Å². The predicted octanol–water partition coefficient (Wildman–Crippen LogP) is 4.88. The molecular weight excluding hydrogens is 350 g/mol. The first-order chi connectivity index (χ1) is 13.5. The molecule has 1 spiro atoms. The van der Waals surface area contributed by atoms with Gasteiger partial charge in [-0.2, -0.15) is 0 Å². The van der Waals surface area contributed by atoms with Crippen molar-refractivity contribution in [3.05, 3.63) is 23.8 Å². The normalized spacial score (nSPS) is 52.6. The monoisotopic (exact) mass is 381 g/mol. The van der Waals surface area contributed by atoms with E-state index in [0.29, 0.717) is 30.1 Å². The third-order valence-electron chi connectivity index (χ3n) is 9.91. The number of fused-ring (bicyclic) bond motifs is 9. The van der Waals surface area contributed by atoms with Crippen molar-refractivity contribution in [3.8, 4) is 0 Å². The molecule has 6 aliphatic rings. The number of hydrogen-bond acceptors (Lipinski definition) is 4. The van der Waals surface area contributed by atoms with Gasteiger partial charge in [-0.25, -0.2) is 0 Å². The van der Waals surface area contributed by atoms with Gasteiger partial charge in [-0.05, 0) is 92.6 Å². The van der Waals surface area contributed by atoms with Gasteiger partial charge in [-0.15, -0.1) is 0 Å². The predicted molar refractivity (Wildman–Crippen MR) is 106 cm³/mol. The lowest BCUT2D eigenvalue weighted by atomic mass is 9.47. The van der Waals surface area contributed by atoms with Gasteiger partial charge in [0.1, 0.15) is 5.60 Å². The maximum Gasteiger partial charge on any atom is 0.306 e. The van der Waals surface area contributed by atoms with Crippen molar-refractivity contribution in [2.45, 2.75) is 70.3 Å². The van der Waals surface area contributed by atoms with Crippen molar-refractivity contribution in [3.63, 3.8) is 0 Å². The van der Waals surface area contributed by atoms with E-state index in [0.717, 1.165) is 49.7 Å². The van der Waals surface area contributed by atoms with E-state index in [2.05, 4.69) is 24.7 Å². The number of oxime groups is 1. The zero-order valence-corrected chi connectivity index (χ0v) is 16.8. The van der Waals surface area contributed by atoms with Crippen LogP contribution in [0.4, 0.5) is 0 Å². The van der Waals surface area contributed by atoms with Crippen molar-refractivity contribution >= 4 is 11.7 Å². The Labute approximate surface area is 167 Å². The van der Waals surface area contributed by atoms with Gasteiger partial charge in [-0.3, -0.25) is 4.79 Å². The van der Waals surface area contributed by atoms with Crippen LogP contribution in [0.3, 0.4) is 0 Å². The van der Waals surface area contributed by atoms with Crippen molar-refractivity contribution in [2.24, 2.45) is 46.1 Å². The number of ether oxygens (including phenoxy) is 1. The van der Waals surface area contributed by atoms with Crippen LogP contribution in [0.25, 0.3) is 0 Å². The van der Waals surface area contributed by atoms with E-state index in [-0.39, 0.29) is 17.0 Å². The molecule has 4 nitrogen and oxygen atoms in total. The molecule has 3 unspecified atom stereocenters. The summed E-state index contributed by atoms with van der Waals surface area (Å²) in [7, 11) is 0. The Morgan fingerprint density at radius 3 is 2.82 bits per heavy atom. The smallest absolute Gasteiger partial charge is 0.306 e. The number of esters is 1. The number of carbonyl (C=O) groups is 1. The Morgan fingerprint density at radius 2 is 2.11 bits per heavy atom. The van der Waals surface area contributed by atoms with Crippen molar-refractivity contribution < 1.29 is 14.7 Å². The second-order valence-electron chi connectivity index (χ2n) is 10.4. The molecule has 5 fully saturated rings. The minimum atomic E-state index is -0.153. The van der Waals surface area contributed by atoms with Crippen LogP contribution in [0.15, 0.2) is 29.0 Å². The highest BCUT2D eigenvalue weighted by molar-refractivity contribution is 5.96. The summed E-state index contributed by atoms with van der Waals surface area (Å²) in [5.41, 5.74) is 3.48. The topological polar surface area (TPSA) is 58.9 Å². The fourth-order valence-corrected chi connectivity index (χ4v) is 9.02. The molecule has 4 heteroatoms. The molecule has 1 heterocycles. The van der Waals surface area contributed by atoms with Crippen LogP contribution >= 0.6 is 0 Å². The summed E-state index contributed by atoms with van der Waals surface area (Å²) in [6.45, 7) is 6.82. The average Bonchev–Trinajstić information content (AvgIpc) is 3.35. The zero-order valence-electron chi connectivity index (χ0n) is 16.8. The molecule has 1 N–H and O–H groups in total. The molecule has 4 saturated carbocycles. The van der Waals surface area contributed by atoms with E-state index < -0.39 is 0 Å². The molecule has 5 aliphatic carbocycles. The van der Waals surface area contributed by atoms with Gasteiger partial charge in [0.25, 0.3) is 0 Å². The number of rotatable bonds is 1. The van der Waals surface area contributed by atoms with Gasteiger partial charge in [0.15, 0.2) is 0 Å². The van der Waals surface area contributed by atoms with E-state index in [1.54, 1.807) is 0 Å². The van der Waals surface area contributed by atoms with Crippen LogP contribution in [-0.4, -0.2) is 22.5 Å². The Morgan fingerprint density at radius 1 is 1.25 bits per heavy atom. The third kappa shape index (κ3) is 1.88. The second-order valence-corrected chi connectivity index (χ2v) is 10.4. The Kier molecular flexibility index (Phi) is 3.41. The van der Waals surface area contributed by atoms with Gasteiger partial charge in [0.05, 0.1) is 5.71 Å². The average molecular weight is 382 g/mol. The quantitative estimate of drug-likeness (QED) is 0.400. The highest BCUT2D eigenvalue weighted by Crippen LogP contribution is 2.79. The first-order valence-corrected chi connectivity index (χ1v) is 11.4. The third-order valence-corrected chi connectivity index (χ3v) is 9.91. The van der Waals surface area contributed by atoms with Crippen LogP contribution in [0.5, 0.6) is 0 Å². The summed E-state index contributed by atoms with van der Waals surface area (Å²) in [5, 5.41) is 12.7. The molecule has 150 valence electrons. The van der Waals surface area contributed by atoms with Crippen LogP contribution in [0.2, 0.25) is 0 Å². The van der Waals surface area contributed by atoms with E-state index in [9.17, 15) is 10.0 Å². The van der Waals surface area contributed by atoms with Gasteiger partial charge in [0, 0.05) is 17.8 Å². The highest BCUT2D eigenvalue weighted by atomic mass is 16.6. The number of allylic oxidation sites excluding steroid dienone is 3. The van der Waals surface area contributed by atoms with E-state index in [1.807, 2.05) is 0 Å². The largest absolute Gasteiger partial charge is 0.458 e. The first kappa shape index (κ1) is 17.3. The van der Waals surface area contributed by atoms with Gasteiger partial charge in [-0.1, -0.05) is 24.2 Å². The molecule has 1 aliphatic heterocycles. The first-order valence-electron chi connectivity index (χ1n) is 11.4. The highest BCUT2D eigenvalue weighted by Gasteiger charge is 2.79. The minimum absolute atomic E-state index is 0.0441. The standard InChI is InChI=1S/C24H31NO3/c1-3-23-8-6-16-15-5-4-14(25-27)11-17(15)13(2)10-18(16)22(23)19-12-20(19)24(23)9-7-21(26)28-24/h11,15-16,18-20,22,27H,2-10,12H2,1H3/b25-14+/t15-,16?,18?,19+,20-,22?,23+,24+/m1/s1. The van der Waals surface area contributed by atoms with E-state index in [1.165, 1.54) is 30.4 Å². The van der Waals surface area contributed by atoms with Gasteiger partial charge < -0.3 is 9.94 Å². The molecule has 0 radical (unpaired) electrons. The van der Waals surface area contributed by atoms with Crippen molar-refractivity contribution in [1.82, 2.24) is 0 Å². The lowest BCUT2D eigenvalue weighted by molar-refractivity contribution is -0.178. The number of carbonyl (C=O) groups excluding carboxylic acids is 1. The van der Waals surface area contributed by atoms with E-state index >= 15 is 0 Å². The molecule has 0 aromatic heterocycles. The zero-order chi connectivity index (χ0) is 19.3. The Bertz CT molecular complexity index is 828. The molecule has 0 amide bonds. The lowest BCUT2D eigenvalue weighted by Gasteiger charge is -2.58. The molecule has 0 aromatic rings. The summed E-state index contributed by atoms with van der Waals surface area (Å²) in [6.07, 6.45) is 11.6. The molecule has 0 aromatic carbocycles. The fourth-order valence-electron chi connectivity index (χ4n) is 9.02. The SMILES string of the molecule is C=C1CC2C(CC[C@@]3(CC)C2[C@H]2C[C@H]2[C@@]32CCC(=O)O2)[C@H]2CC/C(=N\O)C=C12. The minimum Gasteiger partial charge on any atom is -0.458 e. The summed E-state index contributed by atoms with van der Waals surface area (Å²) in [5.74, 6) is 4.09. The second kappa shape index (κ2) is 5.52. The lowest BCUT2D eigenvalue weighted by Crippen LogP contribution is -2.56. The Hall–Kier alpha value is -1.58. The van der Waals surface area contributed by atoms with Crippen LogP contribution in [-0.2, 0) is 9.53 Å². The van der Waals surface area contributed by atoms with Crippen LogP contribution < -0.4 is 0 Å². The number of nitrogens with zero attached hydrogens (tertiary/aromatic N) is 1. The fraction of sp³-hybridized carbons (Fsp3) is 0.750. The summed E-state index contributed by atoms with van der Waals surface area (Å²) in [4.78, 5) is 12.2. The van der Waals surface area contributed by atoms with E-state index in [4.69, 9.17) is 4.74 Å². The summed E-state index contributed by atoms with van der Waals surface area (Å²) < 4.78 is 6.25. The van der Waals surface area contributed by atoms with Crippen molar-refractivity contribution in [2.75, 3.05) is 0 Å². The van der Waals surface area contributed by atoms with Gasteiger partial charge >= 0.3 is 5.97 Å². The van der Waals surface area contributed by atoms with Crippen molar-refractivity contribution in [1.29, 1.82) is 0 Å². The molecule has 8 atom stereocenters. The molecule has 1 saturated heterocycles. The van der Waals surface area contributed by atoms with Crippen LogP contribution in [0.1, 0.15) is 64.7 Å². The summed E-state index contributed by atoms with van der Waals surface area (Å²) >= 11 is 0. The molecule has 0 bridgehead atoms. The molecule has 28 heavy (non-hydrogen) atoms. The number of hydrogen-bond donors (Lipinski definition) is 1. The molecule has 6 rings (SSSR count). The molecular formula is C24H31NO3. The summed E-state index contributed by atoms with van der Waals surface area (Å²) in [6, 6.07) is 0. The maximum absolute atomic E-state index is 12.2. The van der Waals surface area contributed by atoms with Crippen LogP contribution in [0, 0.1) is 40.9 Å². The Balaban J connectivity index is 1.40.